The third kappa shape index (κ3) is 2.30. The standard InChI is InChI=1S/C19H17N7O/c1-3-25-16-5-4-12(8-13(16)10-21-25)15-9-18(27)26-19(23-15)14(11-22-26)17-6-7-20-24(17)2/h4-11,22H,3H2,1-2H3. The zero-order valence-corrected chi connectivity index (χ0v) is 14.9. The second-order valence-corrected chi connectivity index (χ2v) is 6.40. The summed E-state index contributed by atoms with van der Waals surface area (Å²) < 4.78 is 5.14. The predicted octanol–water partition coefficient (Wildman–Crippen LogP) is 2.46. The zero-order valence-electron chi connectivity index (χ0n) is 14.9. The number of nitrogens with zero attached hydrogens (tertiary/aromatic N) is 6. The smallest absolute Gasteiger partial charge is 0.273 e. The number of nitrogens with one attached hydrogen (secondary N) is 1. The molecule has 8 heteroatoms. The maximum Gasteiger partial charge on any atom is 0.273 e. The van der Waals surface area contributed by atoms with E-state index in [4.69, 9.17) is 4.98 Å². The van der Waals surface area contributed by atoms with Crippen LogP contribution in [0.2, 0.25) is 0 Å². The average molecular weight is 359 g/mol. The van der Waals surface area contributed by atoms with Gasteiger partial charge < -0.3 is 0 Å². The largest absolute Gasteiger partial charge is 0.296 e. The van der Waals surface area contributed by atoms with Crippen LogP contribution in [-0.4, -0.2) is 34.2 Å². The number of rotatable bonds is 3. The van der Waals surface area contributed by atoms with Gasteiger partial charge in [-0.15, -0.1) is 0 Å². The monoisotopic (exact) mass is 359 g/mol. The quantitative estimate of drug-likeness (QED) is 0.536. The molecular weight excluding hydrogens is 342 g/mol. The Hall–Kier alpha value is -3.68. The van der Waals surface area contributed by atoms with Crippen molar-refractivity contribution in [3.8, 4) is 22.5 Å². The highest BCUT2D eigenvalue weighted by Gasteiger charge is 2.14. The van der Waals surface area contributed by atoms with Crippen LogP contribution in [0.3, 0.4) is 0 Å². The zero-order chi connectivity index (χ0) is 18.5. The Morgan fingerprint density at radius 1 is 1.15 bits per heavy atom. The first-order chi connectivity index (χ1) is 13.2. The fraction of sp³-hybridized carbons (Fsp3) is 0.158. The Balaban J connectivity index is 1.72. The van der Waals surface area contributed by atoms with E-state index in [1.807, 2.05) is 42.2 Å². The number of aromatic nitrogens is 7. The lowest BCUT2D eigenvalue weighted by Gasteiger charge is -2.04. The van der Waals surface area contributed by atoms with E-state index in [9.17, 15) is 4.79 Å². The number of fused-ring (bicyclic) bond motifs is 2. The van der Waals surface area contributed by atoms with E-state index < -0.39 is 0 Å². The summed E-state index contributed by atoms with van der Waals surface area (Å²) in [5, 5.41) is 12.6. The maximum absolute atomic E-state index is 12.6. The van der Waals surface area contributed by atoms with Crippen LogP contribution in [0.1, 0.15) is 6.92 Å². The summed E-state index contributed by atoms with van der Waals surface area (Å²) in [4.78, 5) is 17.4. The molecule has 0 spiro atoms. The van der Waals surface area contributed by atoms with Crippen LogP contribution in [-0.2, 0) is 13.6 Å². The summed E-state index contributed by atoms with van der Waals surface area (Å²) in [6.07, 6.45) is 5.34. The fourth-order valence-corrected chi connectivity index (χ4v) is 3.45. The van der Waals surface area contributed by atoms with Gasteiger partial charge >= 0.3 is 0 Å². The van der Waals surface area contributed by atoms with Crippen LogP contribution in [0.4, 0.5) is 0 Å². The lowest BCUT2D eigenvalue weighted by atomic mass is 10.1. The molecule has 0 aliphatic rings. The Labute approximate surface area is 153 Å². The minimum atomic E-state index is -0.159. The molecule has 4 aromatic heterocycles. The summed E-state index contributed by atoms with van der Waals surface area (Å²) >= 11 is 0. The number of aromatic amines is 1. The summed E-state index contributed by atoms with van der Waals surface area (Å²) in [5.41, 5.74) is 4.71. The van der Waals surface area contributed by atoms with E-state index in [0.717, 1.165) is 34.3 Å². The summed E-state index contributed by atoms with van der Waals surface area (Å²) in [5.74, 6) is 0. The van der Waals surface area contributed by atoms with Gasteiger partial charge in [-0.25, -0.2) is 9.50 Å². The number of H-pyrrole nitrogens is 1. The maximum atomic E-state index is 12.6. The van der Waals surface area contributed by atoms with E-state index in [2.05, 4.69) is 22.2 Å². The number of aryl methyl sites for hydroxylation is 2. The van der Waals surface area contributed by atoms with E-state index in [0.29, 0.717) is 11.3 Å². The molecule has 0 amide bonds. The molecule has 5 aromatic rings. The molecule has 27 heavy (non-hydrogen) atoms. The van der Waals surface area contributed by atoms with Crippen LogP contribution in [0, 0.1) is 0 Å². The van der Waals surface area contributed by atoms with Gasteiger partial charge in [-0.2, -0.15) is 10.2 Å². The minimum absolute atomic E-state index is 0.159. The Morgan fingerprint density at radius 2 is 2.04 bits per heavy atom. The van der Waals surface area contributed by atoms with Crippen molar-refractivity contribution in [1.29, 1.82) is 0 Å². The number of hydrogen-bond acceptors (Lipinski definition) is 4. The number of benzene rings is 1. The van der Waals surface area contributed by atoms with Crippen molar-refractivity contribution in [3.05, 3.63) is 59.3 Å². The molecule has 0 aliphatic heterocycles. The first-order valence-corrected chi connectivity index (χ1v) is 8.71. The van der Waals surface area contributed by atoms with Crippen molar-refractivity contribution in [2.24, 2.45) is 7.05 Å². The topological polar surface area (TPSA) is 85.8 Å². The summed E-state index contributed by atoms with van der Waals surface area (Å²) in [6.45, 7) is 2.87. The molecule has 0 fully saturated rings. The van der Waals surface area contributed by atoms with Crippen molar-refractivity contribution in [1.82, 2.24) is 34.2 Å². The van der Waals surface area contributed by atoms with Gasteiger partial charge in [0.2, 0.25) is 0 Å². The van der Waals surface area contributed by atoms with Crippen LogP contribution < -0.4 is 5.56 Å². The predicted molar refractivity (Wildman–Crippen MR) is 102 cm³/mol. The first-order valence-electron chi connectivity index (χ1n) is 8.71. The molecule has 0 radical (unpaired) electrons. The number of hydrogen-bond donors (Lipinski definition) is 1. The van der Waals surface area contributed by atoms with E-state index >= 15 is 0 Å². The van der Waals surface area contributed by atoms with Crippen LogP contribution >= 0.6 is 0 Å². The van der Waals surface area contributed by atoms with E-state index in [1.165, 1.54) is 4.52 Å². The van der Waals surface area contributed by atoms with Gasteiger partial charge in [-0.05, 0) is 25.1 Å². The van der Waals surface area contributed by atoms with Crippen LogP contribution in [0.5, 0.6) is 0 Å². The lowest BCUT2D eigenvalue weighted by Crippen LogP contribution is -2.14. The summed E-state index contributed by atoms with van der Waals surface area (Å²) in [7, 11) is 1.86. The Morgan fingerprint density at radius 3 is 2.81 bits per heavy atom. The molecule has 0 saturated heterocycles. The molecule has 0 bridgehead atoms. The van der Waals surface area contributed by atoms with Gasteiger partial charge in [0.15, 0.2) is 5.65 Å². The van der Waals surface area contributed by atoms with Gasteiger partial charge in [0.05, 0.1) is 28.7 Å². The van der Waals surface area contributed by atoms with Crippen molar-refractivity contribution < 1.29 is 0 Å². The van der Waals surface area contributed by atoms with Crippen molar-refractivity contribution in [3.63, 3.8) is 0 Å². The average Bonchev–Trinajstić information content (AvgIpc) is 3.38. The molecule has 0 aliphatic carbocycles. The van der Waals surface area contributed by atoms with Crippen molar-refractivity contribution in [2.45, 2.75) is 13.5 Å². The molecule has 5 rings (SSSR count). The van der Waals surface area contributed by atoms with E-state index in [-0.39, 0.29) is 5.56 Å². The minimum Gasteiger partial charge on any atom is -0.296 e. The molecule has 0 atom stereocenters. The Bertz CT molecular complexity index is 1350. The first kappa shape index (κ1) is 15.6. The highest BCUT2D eigenvalue weighted by molar-refractivity contribution is 5.84. The molecule has 0 unspecified atom stereocenters. The van der Waals surface area contributed by atoms with Gasteiger partial charge in [-0.1, -0.05) is 6.07 Å². The molecule has 134 valence electrons. The van der Waals surface area contributed by atoms with Gasteiger partial charge in [-0.3, -0.25) is 19.3 Å². The van der Waals surface area contributed by atoms with Crippen molar-refractivity contribution >= 4 is 16.6 Å². The van der Waals surface area contributed by atoms with Gasteiger partial charge in [0, 0.05) is 43.0 Å². The SMILES string of the molecule is CCn1ncc2cc(-c3cc(=O)n4[nH]cc(-c5ccnn5C)c4n3)ccc21. The lowest BCUT2D eigenvalue weighted by molar-refractivity contribution is 0.684. The van der Waals surface area contributed by atoms with Crippen LogP contribution in [0.15, 0.2) is 53.7 Å². The second-order valence-electron chi connectivity index (χ2n) is 6.40. The third-order valence-electron chi connectivity index (χ3n) is 4.83. The van der Waals surface area contributed by atoms with Gasteiger partial charge in [0.25, 0.3) is 5.56 Å². The highest BCUT2D eigenvalue weighted by atomic mass is 16.1. The summed E-state index contributed by atoms with van der Waals surface area (Å²) in [6, 6.07) is 9.45. The Kier molecular flexibility index (Phi) is 3.27. The van der Waals surface area contributed by atoms with E-state index in [1.54, 1.807) is 23.1 Å². The normalized spacial score (nSPS) is 11.6. The highest BCUT2D eigenvalue weighted by Crippen LogP contribution is 2.26. The molecule has 4 heterocycles. The fourth-order valence-electron chi connectivity index (χ4n) is 3.45. The molecular formula is C19H17N7O. The van der Waals surface area contributed by atoms with Gasteiger partial charge in [0.1, 0.15) is 0 Å². The molecule has 0 saturated carbocycles. The van der Waals surface area contributed by atoms with Crippen LogP contribution in [0.25, 0.3) is 39.1 Å². The second kappa shape index (κ2) is 5.66. The molecule has 1 aromatic carbocycles. The molecule has 8 nitrogen and oxygen atoms in total. The third-order valence-corrected chi connectivity index (χ3v) is 4.83. The van der Waals surface area contributed by atoms with Crippen molar-refractivity contribution in [2.75, 3.05) is 0 Å². The molecule has 1 N–H and O–H groups in total.